The molecule has 2 aromatic carbocycles. The molecule has 0 saturated carbocycles. The van der Waals surface area contributed by atoms with Crippen LogP contribution in [0.1, 0.15) is 18.1 Å². The van der Waals surface area contributed by atoms with Gasteiger partial charge in [0.1, 0.15) is 11.5 Å². The predicted molar refractivity (Wildman–Crippen MR) is 86.0 cm³/mol. The van der Waals surface area contributed by atoms with Crippen LogP contribution in [0, 0.1) is 0 Å². The molecule has 21 heavy (non-hydrogen) atoms. The van der Waals surface area contributed by atoms with E-state index in [2.05, 4.69) is 36.5 Å². The van der Waals surface area contributed by atoms with Gasteiger partial charge in [-0.3, -0.25) is 0 Å². The summed E-state index contributed by atoms with van der Waals surface area (Å²) in [6, 6.07) is 16.8. The molecule has 0 fully saturated rings. The molecule has 0 saturated heterocycles. The van der Waals surface area contributed by atoms with E-state index in [1.807, 2.05) is 24.3 Å². The third-order valence-electron chi connectivity index (χ3n) is 3.51. The first kappa shape index (κ1) is 15.4. The van der Waals surface area contributed by atoms with Crippen molar-refractivity contribution in [3.05, 3.63) is 59.7 Å². The van der Waals surface area contributed by atoms with Crippen LogP contribution < -0.4 is 14.8 Å². The number of ether oxygens (including phenoxy) is 2. The molecule has 0 spiro atoms. The first-order valence-electron chi connectivity index (χ1n) is 7.20. The van der Waals surface area contributed by atoms with E-state index in [0.29, 0.717) is 6.04 Å². The minimum atomic E-state index is 0.417. The molecule has 0 amide bonds. The Morgan fingerprint density at radius 1 is 0.810 bits per heavy atom. The summed E-state index contributed by atoms with van der Waals surface area (Å²) >= 11 is 0. The van der Waals surface area contributed by atoms with Crippen molar-refractivity contribution in [2.45, 2.75) is 25.9 Å². The van der Waals surface area contributed by atoms with E-state index in [1.54, 1.807) is 14.2 Å². The van der Waals surface area contributed by atoms with E-state index in [1.165, 1.54) is 11.1 Å². The van der Waals surface area contributed by atoms with Crippen LogP contribution >= 0.6 is 0 Å². The summed E-state index contributed by atoms with van der Waals surface area (Å²) in [7, 11) is 3.37. The smallest absolute Gasteiger partial charge is 0.118 e. The fraction of sp³-hybridized carbons (Fsp3) is 0.333. The van der Waals surface area contributed by atoms with Crippen LogP contribution in [0.2, 0.25) is 0 Å². The molecule has 0 aliphatic rings. The standard InChI is InChI=1S/C18H23NO2/c1-14(12-15-4-8-17(20-2)9-5-15)19-13-16-6-10-18(21-3)11-7-16/h4-11,14,19H,12-13H2,1-3H3. The Balaban J connectivity index is 1.81. The average Bonchev–Trinajstić information content (AvgIpc) is 2.54. The van der Waals surface area contributed by atoms with Gasteiger partial charge in [0.25, 0.3) is 0 Å². The molecular formula is C18H23NO2. The van der Waals surface area contributed by atoms with E-state index in [-0.39, 0.29) is 0 Å². The number of hydrogen-bond donors (Lipinski definition) is 1. The second-order valence-corrected chi connectivity index (χ2v) is 5.18. The number of rotatable bonds is 7. The molecule has 3 nitrogen and oxygen atoms in total. The Hall–Kier alpha value is -2.00. The lowest BCUT2D eigenvalue weighted by Gasteiger charge is -2.14. The number of nitrogens with one attached hydrogen (secondary N) is 1. The highest BCUT2D eigenvalue weighted by molar-refractivity contribution is 5.28. The summed E-state index contributed by atoms with van der Waals surface area (Å²) in [6.07, 6.45) is 1.00. The fourth-order valence-electron chi connectivity index (χ4n) is 2.22. The third-order valence-corrected chi connectivity index (χ3v) is 3.51. The van der Waals surface area contributed by atoms with E-state index < -0.39 is 0 Å². The molecule has 0 aliphatic carbocycles. The summed E-state index contributed by atoms with van der Waals surface area (Å²) < 4.78 is 10.3. The monoisotopic (exact) mass is 285 g/mol. The first-order valence-corrected chi connectivity index (χ1v) is 7.20. The van der Waals surface area contributed by atoms with E-state index in [9.17, 15) is 0 Å². The normalized spacial score (nSPS) is 12.0. The fourth-order valence-corrected chi connectivity index (χ4v) is 2.22. The predicted octanol–water partition coefficient (Wildman–Crippen LogP) is 3.42. The Morgan fingerprint density at radius 3 is 1.76 bits per heavy atom. The van der Waals surface area contributed by atoms with Crippen LogP contribution in [0.15, 0.2) is 48.5 Å². The lowest BCUT2D eigenvalue weighted by Crippen LogP contribution is -2.27. The van der Waals surface area contributed by atoms with Crippen molar-refractivity contribution in [2.24, 2.45) is 0 Å². The molecule has 0 aliphatic heterocycles. The minimum absolute atomic E-state index is 0.417. The summed E-state index contributed by atoms with van der Waals surface area (Å²) in [5, 5.41) is 3.54. The third kappa shape index (κ3) is 4.80. The highest BCUT2D eigenvalue weighted by Crippen LogP contribution is 2.14. The van der Waals surface area contributed by atoms with Crippen molar-refractivity contribution in [3.8, 4) is 11.5 Å². The molecule has 0 heterocycles. The Bertz CT molecular complexity index is 534. The van der Waals surface area contributed by atoms with Crippen LogP contribution in [0.25, 0.3) is 0 Å². The van der Waals surface area contributed by atoms with Crippen molar-refractivity contribution in [3.63, 3.8) is 0 Å². The van der Waals surface area contributed by atoms with Crippen LogP contribution in [0.4, 0.5) is 0 Å². The van der Waals surface area contributed by atoms with Gasteiger partial charge in [0.15, 0.2) is 0 Å². The molecule has 1 atom stereocenters. The lowest BCUT2D eigenvalue weighted by molar-refractivity contribution is 0.414. The minimum Gasteiger partial charge on any atom is -0.497 e. The van der Waals surface area contributed by atoms with E-state index >= 15 is 0 Å². The van der Waals surface area contributed by atoms with Crippen molar-refractivity contribution >= 4 is 0 Å². The Labute approximate surface area is 126 Å². The van der Waals surface area contributed by atoms with E-state index in [0.717, 1.165) is 24.5 Å². The zero-order valence-electron chi connectivity index (χ0n) is 12.9. The van der Waals surface area contributed by atoms with Crippen LogP contribution in [0.5, 0.6) is 11.5 Å². The number of hydrogen-bond acceptors (Lipinski definition) is 3. The summed E-state index contributed by atoms with van der Waals surface area (Å²) in [6.45, 7) is 3.06. The van der Waals surface area contributed by atoms with Gasteiger partial charge in [-0.2, -0.15) is 0 Å². The maximum Gasteiger partial charge on any atom is 0.118 e. The van der Waals surface area contributed by atoms with Gasteiger partial charge in [-0.15, -0.1) is 0 Å². The van der Waals surface area contributed by atoms with Gasteiger partial charge in [-0.1, -0.05) is 24.3 Å². The molecule has 3 heteroatoms. The van der Waals surface area contributed by atoms with E-state index in [4.69, 9.17) is 9.47 Å². The second-order valence-electron chi connectivity index (χ2n) is 5.18. The zero-order chi connectivity index (χ0) is 15.1. The topological polar surface area (TPSA) is 30.5 Å². The van der Waals surface area contributed by atoms with Gasteiger partial charge >= 0.3 is 0 Å². The molecular weight excluding hydrogens is 262 g/mol. The first-order chi connectivity index (χ1) is 10.2. The molecule has 0 radical (unpaired) electrons. The van der Waals surface area contributed by atoms with Gasteiger partial charge in [0.05, 0.1) is 14.2 Å². The summed E-state index contributed by atoms with van der Waals surface area (Å²) in [4.78, 5) is 0. The average molecular weight is 285 g/mol. The van der Waals surface area contributed by atoms with Crippen LogP contribution in [0.3, 0.4) is 0 Å². The number of methoxy groups -OCH3 is 2. The largest absolute Gasteiger partial charge is 0.497 e. The molecule has 0 aromatic heterocycles. The van der Waals surface area contributed by atoms with Gasteiger partial charge in [-0.25, -0.2) is 0 Å². The van der Waals surface area contributed by atoms with Gasteiger partial charge in [0.2, 0.25) is 0 Å². The second kappa shape index (κ2) is 7.70. The van der Waals surface area contributed by atoms with Gasteiger partial charge < -0.3 is 14.8 Å². The zero-order valence-corrected chi connectivity index (χ0v) is 12.9. The molecule has 1 N–H and O–H groups in total. The van der Waals surface area contributed by atoms with Crippen molar-refractivity contribution in [2.75, 3.05) is 14.2 Å². The maximum absolute atomic E-state index is 5.17. The Kier molecular flexibility index (Phi) is 5.64. The van der Waals surface area contributed by atoms with Crippen molar-refractivity contribution < 1.29 is 9.47 Å². The molecule has 2 rings (SSSR count). The SMILES string of the molecule is COc1ccc(CNC(C)Cc2ccc(OC)cc2)cc1. The molecule has 2 aromatic rings. The maximum atomic E-state index is 5.17. The van der Waals surface area contributed by atoms with Crippen molar-refractivity contribution in [1.82, 2.24) is 5.32 Å². The van der Waals surface area contributed by atoms with Gasteiger partial charge in [-0.05, 0) is 48.7 Å². The Morgan fingerprint density at radius 2 is 1.29 bits per heavy atom. The van der Waals surface area contributed by atoms with Crippen molar-refractivity contribution in [1.29, 1.82) is 0 Å². The van der Waals surface area contributed by atoms with Crippen LogP contribution in [-0.4, -0.2) is 20.3 Å². The summed E-state index contributed by atoms with van der Waals surface area (Å²) in [5.41, 5.74) is 2.57. The highest BCUT2D eigenvalue weighted by atomic mass is 16.5. The summed E-state index contributed by atoms with van der Waals surface area (Å²) in [5.74, 6) is 1.79. The molecule has 112 valence electrons. The number of benzene rings is 2. The van der Waals surface area contributed by atoms with Gasteiger partial charge in [0, 0.05) is 12.6 Å². The lowest BCUT2D eigenvalue weighted by atomic mass is 10.1. The molecule has 1 unspecified atom stereocenters. The highest BCUT2D eigenvalue weighted by Gasteiger charge is 2.04. The quantitative estimate of drug-likeness (QED) is 0.845. The molecule has 0 bridgehead atoms. The van der Waals surface area contributed by atoms with Crippen LogP contribution in [-0.2, 0) is 13.0 Å².